The van der Waals surface area contributed by atoms with Crippen LogP contribution in [0, 0.1) is 0 Å². The number of aryl methyl sites for hydroxylation is 2. The number of aromatic hydroxyl groups is 1. The predicted octanol–water partition coefficient (Wildman–Crippen LogP) is 3.25. The third kappa shape index (κ3) is 3.82. The number of hydrogen-bond donors (Lipinski definition) is 2. The highest BCUT2D eigenvalue weighted by molar-refractivity contribution is 5.77. The van der Waals surface area contributed by atoms with E-state index in [1.807, 2.05) is 10.6 Å². The van der Waals surface area contributed by atoms with Gasteiger partial charge in [0, 0.05) is 18.7 Å². The van der Waals surface area contributed by atoms with E-state index < -0.39 is 11.2 Å². The average molecular weight is 370 g/mol. The maximum Gasteiger partial charge on any atom is 0.330 e. The van der Waals surface area contributed by atoms with Gasteiger partial charge < -0.3 is 9.67 Å². The Morgan fingerprint density at radius 1 is 1.04 bits per heavy atom. The molecular weight excluding hydrogens is 344 g/mol. The van der Waals surface area contributed by atoms with E-state index >= 15 is 0 Å². The van der Waals surface area contributed by atoms with Gasteiger partial charge in [-0.3, -0.25) is 14.3 Å². The van der Waals surface area contributed by atoms with Gasteiger partial charge in [0.25, 0.3) is 5.56 Å². The van der Waals surface area contributed by atoms with E-state index in [-0.39, 0.29) is 5.75 Å². The number of aromatic amines is 1. The van der Waals surface area contributed by atoms with E-state index in [2.05, 4.69) is 23.8 Å². The van der Waals surface area contributed by atoms with Gasteiger partial charge >= 0.3 is 5.69 Å². The lowest BCUT2D eigenvalue weighted by molar-refractivity contribution is 0.475. The van der Waals surface area contributed by atoms with Gasteiger partial charge in [-0.1, -0.05) is 45.2 Å². The van der Waals surface area contributed by atoms with Crippen molar-refractivity contribution in [2.45, 2.75) is 59.0 Å². The van der Waals surface area contributed by atoms with Crippen LogP contribution in [-0.4, -0.2) is 24.2 Å². The molecule has 0 bridgehead atoms. The van der Waals surface area contributed by atoms with E-state index in [9.17, 15) is 14.7 Å². The third-order valence-electron chi connectivity index (χ3n) is 4.71. The van der Waals surface area contributed by atoms with Crippen molar-refractivity contribution in [1.29, 1.82) is 0 Å². The fraction of sp³-hybridized carbons (Fsp3) is 0.450. The fourth-order valence-corrected chi connectivity index (χ4v) is 3.30. The van der Waals surface area contributed by atoms with Crippen LogP contribution in [0.4, 0.5) is 0 Å². The number of nitrogens with zero attached hydrogens (tertiary/aromatic N) is 3. The molecule has 2 heterocycles. The lowest BCUT2D eigenvalue weighted by Crippen LogP contribution is -2.31. The summed E-state index contributed by atoms with van der Waals surface area (Å²) in [4.78, 5) is 32.1. The molecule has 0 radical (unpaired) electrons. The first-order chi connectivity index (χ1) is 13.1. The van der Waals surface area contributed by atoms with E-state index in [0.29, 0.717) is 30.1 Å². The molecule has 7 heteroatoms. The molecule has 0 amide bonds. The highest BCUT2D eigenvalue weighted by Gasteiger charge is 2.19. The smallest absolute Gasteiger partial charge is 0.330 e. The molecule has 0 saturated heterocycles. The summed E-state index contributed by atoms with van der Waals surface area (Å²) < 4.78 is 3.42. The number of unbranched alkanes of at least 4 members (excludes halogenated alkanes) is 3. The lowest BCUT2D eigenvalue weighted by Gasteiger charge is -2.09. The second kappa shape index (κ2) is 8.24. The van der Waals surface area contributed by atoms with Crippen LogP contribution in [0.2, 0.25) is 0 Å². The predicted molar refractivity (Wildman–Crippen MR) is 106 cm³/mol. The van der Waals surface area contributed by atoms with Crippen LogP contribution in [0.25, 0.3) is 22.6 Å². The van der Waals surface area contributed by atoms with Gasteiger partial charge in [-0.2, -0.15) is 0 Å². The molecular formula is C20H26N4O3. The first-order valence-corrected chi connectivity index (χ1v) is 9.59. The van der Waals surface area contributed by atoms with Crippen molar-refractivity contribution in [2.24, 2.45) is 0 Å². The van der Waals surface area contributed by atoms with Crippen LogP contribution in [0.3, 0.4) is 0 Å². The fourth-order valence-electron chi connectivity index (χ4n) is 3.30. The van der Waals surface area contributed by atoms with E-state index in [1.165, 1.54) is 0 Å². The van der Waals surface area contributed by atoms with Crippen molar-refractivity contribution in [3.8, 4) is 17.1 Å². The number of imidazole rings is 1. The maximum atomic E-state index is 12.6. The Labute approximate surface area is 157 Å². The molecule has 144 valence electrons. The molecule has 0 aliphatic rings. The Bertz CT molecular complexity index is 1050. The van der Waals surface area contributed by atoms with Crippen LogP contribution < -0.4 is 11.2 Å². The van der Waals surface area contributed by atoms with Crippen LogP contribution in [0.1, 0.15) is 46.0 Å². The number of benzene rings is 1. The summed E-state index contributed by atoms with van der Waals surface area (Å²) in [5.74, 6) is 0.732. The molecule has 27 heavy (non-hydrogen) atoms. The highest BCUT2D eigenvalue weighted by atomic mass is 16.3. The number of nitrogens with one attached hydrogen (secondary N) is 1. The Kier molecular flexibility index (Phi) is 5.78. The molecule has 3 aromatic rings. The molecule has 0 saturated carbocycles. The standard InChI is InChI=1S/C20H26N4O3/c1-3-5-7-12-23-16-18(21-17(23)14-9-8-10-15(25)13-14)24(11-6-4-2)20(27)22-19(16)26/h8-10,13,25H,3-7,11-12H2,1-2H3,(H,22,26,27). The first-order valence-electron chi connectivity index (χ1n) is 9.59. The van der Waals surface area contributed by atoms with Gasteiger partial charge in [-0.15, -0.1) is 0 Å². The number of rotatable bonds is 8. The summed E-state index contributed by atoms with van der Waals surface area (Å²) in [7, 11) is 0. The molecule has 0 atom stereocenters. The summed E-state index contributed by atoms with van der Waals surface area (Å²) >= 11 is 0. The monoisotopic (exact) mass is 370 g/mol. The molecule has 0 aliphatic heterocycles. The zero-order chi connectivity index (χ0) is 19.4. The molecule has 0 fully saturated rings. The highest BCUT2D eigenvalue weighted by Crippen LogP contribution is 2.26. The van der Waals surface area contributed by atoms with Crippen molar-refractivity contribution >= 4 is 11.2 Å². The Morgan fingerprint density at radius 2 is 1.78 bits per heavy atom. The number of fused-ring (bicyclic) bond motifs is 1. The summed E-state index contributed by atoms with van der Waals surface area (Å²) in [6.45, 7) is 5.31. The average Bonchev–Trinajstić information content (AvgIpc) is 3.02. The minimum Gasteiger partial charge on any atom is -0.508 e. The summed E-state index contributed by atoms with van der Waals surface area (Å²) in [5.41, 5.74) is 0.698. The minimum atomic E-state index is -0.429. The van der Waals surface area contributed by atoms with Crippen LogP contribution in [0.5, 0.6) is 5.75 Å². The molecule has 2 aromatic heterocycles. The number of aromatic nitrogens is 4. The van der Waals surface area contributed by atoms with Gasteiger partial charge in [0.2, 0.25) is 0 Å². The molecule has 3 rings (SSSR count). The SMILES string of the molecule is CCCCCn1c(-c2cccc(O)c2)nc2c1c(=O)[nH]c(=O)n2CCCC. The first kappa shape index (κ1) is 18.9. The Hall–Kier alpha value is -2.83. The van der Waals surface area contributed by atoms with Crippen LogP contribution >= 0.6 is 0 Å². The topological polar surface area (TPSA) is 92.9 Å². The lowest BCUT2D eigenvalue weighted by atomic mass is 10.2. The van der Waals surface area contributed by atoms with Gasteiger partial charge in [0.05, 0.1) is 0 Å². The number of hydrogen-bond acceptors (Lipinski definition) is 4. The van der Waals surface area contributed by atoms with Gasteiger partial charge in [0.15, 0.2) is 11.2 Å². The molecule has 7 nitrogen and oxygen atoms in total. The number of H-pyrrole nitrogens is 1. The molecule has 0 aliphatic carbocycles. The third-order valence-corrected chi connectivity index (χ3v) is 4.71. The zero-order valence-electron chi connectivity index (χ0n) is 15.9. The van der Waals surface area contributed by atoms with Gasteiger partial charge in [-0.25, -0.2) is 9.78 Å². The number of phenols is 1. The molecule has 1 aromatic carbocycles. The number of phenolic OH excluding ortho intramolecular Hbond substituents is 1. The van der Waals surface area contributed by atoms with Crippen LogP contribution in [0.15, 0.2) is 33.9 Å². The quantitative estimate of drug-likeness (QED) is 0.595. The van der Waals surface area contributed by atoms with Crippen molar-refractivity contribution in [2.75, 3.05) is 0 Å². The second-order valence-corrected chi connectivity index (χ2v) is 6.78. The molecule has 0 spiro atoms. The minimum absolute atomic E-state index is 0.136. The van der Waals surface area contributed by atoms with Crippen molar-refractivity contribution < 1.29 is 5.11 Å². The zero-order valence-corrected chi connectivity index (χ0v) is 15.9. The maximum absolute atomic E-state index is 12.6. The molecule has 2 N–H and O–H groups in total. The Balaban J connectivity index is 2.26. The summed E-state index contributed by atoms with van der Waals surface area (Å²) in [6, 6.07) is 6.81. The largest absolute Gasteiger partial charge is 0.508 e. The summed E-state index contributed by atoms with van der Waals surface area (Å²) in [5, 5.41) is 9.86. The van der Waals surface area contributed by atoms with E-state index in [1.54, 1.807) is 22.8 Å². The Morgan fingerprint density at radius 3 is 2.48 bits per heavy atom. The van der Waals surface area contributed by atoms with Crippen molar-refractivity contribution in [3.05, 3.63) is 45.1 Å². The normalized spacial score (nSPS) is 11.3. The van der Waals surface area contributed by atoms with Crippen molar-refractivity contribution in [1.82, 2.24) is 19.1 Å². The van der Waals surface area contributed by atoms with Crippen molar-refractivity contribution in [3.63, 3.8) is 0 Å². The van der Waals surface area contributed by atoms with Gasteiger partial charge in [0.1, 0.15) is 11.6 Å². The summed E-state index contributed by atoms with van der Waals surface area (Å²) in [6.07, 6.45) is 4.76. The van der Waals surface area contributed by atoms with Crippen LogP contribution in [-0.2, 0) is 13.1 Å². The second-order valence-electron chi connectivity index (χ2n) is 6.78. The van der Waals surface area contributed by atoms with Gasteiger partial charge in [-0.05, 0) is 25.0 Å². The van der Waals surface area contributed by atoms with E-state index in [0.717, 1.165) is 37.7 Å². The molecule has 0 unspecified atom stereocenters. The van der Waals surface area contributed by atoms with E-state index in [4.69, 9.17) is 0 Å².